The molecule has 1 aromatic heterocycles. The van der Waals surface area contributed by atoms with Crippen LogP contribution in [0.4, 0.5) is 5.69 Å². The number of aromatic nitrogens is 1. The number of likely N-dealkylation sites (tertiary alicyclic amines) is 1. The summed E-state index contributed by atoms with van der Waals surface area (Å²) in [5, 5.41) is 3.19. The van der Waals surface area contributed by atoms with E-state index in [0.29, 0.717) is 12.6 Å². The first kappa shape index (κ1) is 16.7. The Bertz CT molecular complexity index is 785. The molecule has 4 nitrogen and oxygen atoms in total. The number of nitrogens with zero attached hydrogens (tertiary/aromatic N) is 3. The summed E-state index contributed by atoms with van der Waals surface area (Å²) in [4.78, 5) is 21.8. The Morgan fingerprint density at radius 1 is 1.32 bits per heavy atom. The lowest BCUT2D eigenvalue weighted by atomic mass is 10.0. The van der Waals surface area contributed by atoms with Crippen molar-refractivity contribution in [3.05, 3.63) is 34.2 Å². The zero-order chi connectivity index (χ0) is 17.4. The van der Waals surface area contributed by atoms with Crippen molar-refractivity contribution in [1.82, 2.24) is 9.88 Å². The molecule has 0 aliphatic carbocycles. The van der Waals surface area contributed by atoms with Crippen LogP contribution in [0.2, 0.25) is 0 Å². The molecule has 132 valence electrons. The van der Waals surface area contributed by atoms with Gasteiger partial charge in [-0.05, 0) is 57.4 Å². The van der Waals surface area contributed by atoms with Gasteiger partial charge >= 0.3 is 0 Å². The Morgan fingerprint density at radius 3 is 2.96 bits per heavy atom. The summed E-state index contributed by atoms with van der Waals surface area (Å²) in [6.45, 7) is 6.68. The van der Waals surface area contributed by atoms with E-state index in [1.165, 1.54) is 24.8 Å². The van der Waals surface area contributed by atoms with E-state index in [9.17, 15) is 4.79 Å². The predicted molar refractivity (Wildman–Crippen MR) is 103 cm³/mol. The molecule has 5 heteroatoms. The lowest BCUT2D eigenvalue weighted by Crippen LogP contribution is -2.45. The van der Waals surface area contributed by atoms with Crippen molar-refractivity contribution in [2.24, 2.45) is 0 Å². The molecule has 1 amide bonds. The van der Waals surface area contributed by atoms with E-state index in [2.05, 4.69) is 40.4 Å². The number of thiazole rings is 1. The third-order valence-electron chi connectivity index (χ3n) is 5.47. The number of benzene rings is 1. The summed E-state index contributed by atoms with van der Waals surface area (Å²) in [6.07, 6.45) is 4.65. The number of carbonyl (C=O) groups excluding carboxylic acids is 1. The van der Waals surface area contributed by atoms with Gasteiger partial charge in [-0.15, -0.1) is 11.3 Å². The van der Waals surface area contributed by atoms with E-state index in [1.807, 2.05) is 11.8 Å². The molecule has 3 heterocycles. The van der Waals surface area contributed by atoms with Gasteiger partial charge in [-0.2, -0.15) is 0 Å². The summed E-state index contributed by atoms with van der Waals surface area (Å²) in [6, 6.07) is 6.93. The van der Waals surface area contributed by atoms with Crippen molar-refractivity contribution in [1.29, 1.82) is 0 Å². The Kier molecular flexibility index (Phi) is 4.61. The van der Waals surface area contributed by atoms with Gasteiger partial charge in [0.15, 0.2) is 0 Å². The minimum absolute atomic E-state index is 0.241. The van der Waals surface area contributed by atoms with Crippen LogP contribution < -0.4 is 4.90 Å². The van der Waals surface area contributed by atoms with Gasteiger partial charge in [0.25, 0.3) is 0 Å². The second kappa shape index (κ2) is 6.89. The van der Waals surface area contributed by atoms with Crippen LogP contribution in [0.1, 0.15) is 36.8 Å². The molecule has 1 aromatic carbocycles. The fourth-order valence-electron chi connectivity index (χ4n) is 3.97. The van der Waals surface area contributed by atoms with Gasteiger partial charge in [0.2, 0.25) is 5.91 Å². The van der Waals surface area contributed by atoms with Crippen LogP contribution in [0.5, 0.6) is 0 Å². The number of carbonyl (C=O) groups is 1. The molecular formula is C20H25N3OS. The number of piperidine rings is 1. The molecule has 1 saturated heterocycles. The second-order valence-electron chi connectivity index (χ2n) is 7.21. The quantitative estimate of drug-likeness (QED) is 0.838. The Hall–Kier alpha value is -1.72. The Balaban J connectivity index is 1.50. The first-order valence-electron chi connectivity index (χ1n) is 9.21. The molecular weight excluding hydrogens is 330 g/mol. The maximum atomic E-state index is 12.9. The molecule has 0 bridgehead atoms. The maximum absolute atomic E-state index is 12.9. The number of hydrogen-bond donors (Lipinski definition) is 0. The van der Waals surface area contributed by atoms with Crippen LogP contribution in [0.25, 0.3) is 11.3 Å². The number of amides is 1. The Morgan fingerprint density at radius 2 is 2.20 bits per heavy atom. The highest BCUT2D eigenvalue weighted by Gasteiger charge is 2.28. The standard InChI is InChI=1S/C20H25N3OS/c1-14-5-3-4-9-22(14)12-20(24)23-10-8-17-11-16(6-7-19(17)23)18-13-25-15(2)21-18/h6-7,11,13-14H,3-5,8-10,12H2,1-2H3/t14-/m1/s1. The van der Waals surface area contributed by atoms with Crippen LogP contribution in [-0.4, -0.2) is 41.5 Å². The van der Waals surface area contributed by atoms with E-state index in [0.717, 1.165) is 41.5 Å². The molecule has 25 heavy (non-hydrogen) atoms. The van der Waals surface area contributed by atoms with Gasteiger partial charge in [-0.3, -0.25) is 9.69 Å². The lowest BCUT2D eigenvalue weighted by Gasteiger charge is -2.33. The third-order valence-corrected chi connectivity index (χ3v) is 6.24. The minimum atomic E-state index is 0.241. The van der Waals surface area contributed by atoms with Crippen LogP contribution >= 0.6 is 11.3 Å². The van der Waals surface area contributed by atoms with Crippen molar-refractivity contribution in [2.45, 2.75) is 45.6 Å². The molecule has 0 radical (unpaired) electrons. The molecule has 2 aromatic rings. The van der Waals surface area contributed by atoms with Gasteiger partial charge < -0.3 is 4.90 Å². The molecule has 2 aliphatic rings. The number of hydrogen-bond acceptors (Lipinski definition) is 4. The number of rotatable bonds is 3. The van der Waals surface area contributed by atoms with Gasteiger partial charge in [-0.1, -0.05) is 12.5 Å². The van der Waals surface area contributed by atoms with Gasteiger partial charge in [0, 0.05) is 29.2 Å². The molecule has 1 fully saturated rings. The van der Waals surface area contributed by atoms with Crippen molar-refractivity contribution >= 4 is 22.9 Å². The first-order valence-corrected chi connectivity index (χ1v) is 10.1. The third kappa shape index (κ3) is 3.35. The number of fused-ring (bicyclic) bond motifs is 1. The zero-order valence-corrected chi connectivity index (χ0v) is 15.8. The zero-order valence-electron chi connectivity index (χ0n) is 15.0. The van der Waals surface area contributed by atoms with E-state index >= 15 is 0 Å². The summed E-state index contributed by atoms with van der Waals surface area (Å²) in [5.41, 5.74) is 4.55. The van der Waals surface area contributed by atoms with Crippen LogP contribution in [0, 0.1) is 6.92 Å². The van der Waals surface area contributed by atoms with Crippen molar-refractivity contribution in [2.75, 3.05) is 24.5 Å². The van der Waals surface area contributed by atoms with E-state index < -0.39 is 0 Å². The fraction of sp³-hybridized carbons (Fsp3) is 0.500. The highest BCUT2D eigenvalue weighted by atomic mass is 32.1. The second-order valence-corrected chi connectivity index (χ2v) is 8.27. The van der Waals surface area contributed by atoms with Crippen LogP contribution in [0.15, 0.2) is 23.6 Å². The topological polar surface area (TPSA) is 36.4 Å². The SMILES string of the molecule is Cc1nc(-c2ccc3c(c2)CCN3C(=O)CN2CCCC[C@H]2C)cs1. The van der Waals surface area contributed by atoms with Gasteiger partial charge in [0.05, 0.1) is 17.2 Å². The first-order chi connectivity index (χ1) is 12.1. The average Bonchev–Trinajstić information content (AvgIpc) is 3.22. The highest BCUT2D eigenvalue weighted by molar-refractivity contribution is 7.09. The van der Waals surface area contributed by atoms with Gasteiger partial charge in [0.1, 0.15) is 0 Å². The van der Waals surface area contributed by atoms with Crippen molar-refractivity contribution < 1.29 is 4.79 Å². The molecule has 0 saturated carbocycles. The van der Waals surface area contributed by atoms with E-state index in [-0.39, 0.29) is 5.91 Å². The molecule has 4 rings (SSSR count). The maximum Gasteiger partial charge on any atom is 0.241 e. The minimum Gasteiger partial charge on any atom is -0.311 e. The van der Waals surface area contributed by atoms with E-state index in [1.54, 1.807) is 11.3 Å². The molecule has 0 unspecified atom stereocenters. The number of aryl methyl sites for hydroxylation is 1. The molecule has 2 aliphatic heterocycles. The van der Waals surface area contributed by atoms with Crippen molar-refractivity contribution in [3.8, 4) is 11.3 Å². The van der Waals surface area contributed by atoms with Crippen LogP contribution in [-0.2, 0) is 11.2 Å². The smallest absolute Gasteiger partial charge is 0.241 e. The van der Waals surface area contributed by atoms with Gasteiger partial charge in [-0.25, -0.2) is 4.98 Å². The molecule has 0 N–H and O–H groups in total. The molecule has 0 spiro atoms. The summed E-state index contributed by atoms with van der Waals surface area (Å²) in [7, 11) is 0. The average molecular weight is 356 g/mol. The summed E-state index contributed by atoms with van der Waals surface area (Å²) >= 11 is 1.68. The van der Waals surface area contributed by atoms with E-state index in [4.69, 9.17) is 0 Å². The summed E-state index contributed by atoms with van der Waals surface area (Å²) < 4.78 is 0. The van der Waals surface area contributed by atoms with Crippen LogP contribution in [0.3, 0.4) is 0 Å². The highest BCUT2D eigenvalue weighted by Crippen LogP contribution is 2.33. The predicted octanol–water partition coefficient (Wildman–Crippen LogP) is 3.88. The normalized spacial score (nSPS) is 20.7. The largest absolute Gasteiger partial charge is 0.311 e. The number of anilines is 1. The lowest BCUT2D eigenvalue weighted by molar-refractivity contribution is -0.120. The summed E-state index contributed by atoms with van der Waals surface area (Å²) in [5.74, 6) is 0.241. The Labute approximate surface area is 153 Å². The molecule has 1 atom stereocenters. The monoisotopic (exact) mass is 355 g/mol. The fourth-order valence-corrected chi connectivity index (χ4v) is 4.59. The van der Waals surface area contributed by atoms with Crippen molar-refractivity contribution in [3.63, 3.8) is 0 Å².